The van der Waals surface area contributed by atoms with Gasteiger partial charge in [0.1, 0.15) is 11.9 Å². The van der Waals surface area contributed by atoms with Crippen LogP contribution in [0.1, 0.15) is 35.7 Å². The van der Waals surface area contributed by atoms with Crippen molar-refractivity contribution in [3.63, 3.8) is 0 Å². The van der Waals surface area contributed by atoms with Crippen molar-refractivity contribution in [2.45, 2.75) is 18.4 Å². The Balaban J connectivity index is 1.93. The second-order valence-corrected chi connectivity index (χ2v) is 4.47. The van der Waals surface area contributed by atoms with Crippen LogP contribution in [0.5, 0.6) is 5.75 Å². The molecule has 0 saturated carbocycles. The molecule has 6 heteroatoms. The number of aromatic nitrogens is 2. The molecule has 6 nitrogen and oxygen atoms in total. The number of hydrogen-bond donors (Lipinski definition) is 2. The highest BCUT2D eigenvalue weighted by Crippen LogP contribution is 2.36. The van der Waals surface area contributed by atoms with Crippen LogP contribution in [-0.4, -0.2) is 28.4 Å². The number of para-hydroxylation sites is 1. The molecule has 0 aliphatic carbocycles. The van der Waals surface area contributed by atoms with Crippen LogP contribution in [0, 0.1) is 0 Å². The summed E-state index contributed by atoms with van der Waals surface area (Å²) in [5.41, 5.74) is 6.42. The van der Waals surface area contributed by atoms with E-state index in [0.717, 1.165) is 17.7 Å². The molecule has 1 unspecified atom stereocenters. The topological polar surface area (TPSA) is 94.4 Å². The lowest BCUT2D eigenvalue weighted by Gasteiger charge is -2.23. The fraction of sp³-hybridized carbons (Fsp3) is 0.385. The van der Waals surface area contributed by atoms with E-state index in [9.17, 15) is 5.11 Å². The zero-order valence-corrected chi connectivity index (χ0v) is 10.3. The Morgan fingerprint density at radius 1 is 1.42 bits per heavy atom. The Morgan fingerprint density at radius 3 is 3.11 bits per heavy atom. The molecule has 0 spiro atoms. The molecule has 2 heterocycles. The summed E-state index contributed by atoms with van der Waals surface area (Å²) in [7, 11) is 0. The van der Waals surface area contributed by atoms with Crippen molar-refractivity contribution >= 4 is 0 Å². The lowest BCUT2D eigenvalue weighted by molar-refractivity contribution is 0.141. The van der Waals surface area contributed by atoms with Gasteiger partial charge in [-0.2, -0.15) is 4.98 Å². The minimum atomic E-state index is -0.906. The Bertz CT molecular complexity index is 570. The second-order valence-electron chi connectivity index (χ2n) is 4.47. The predicted molar refractivity (Wildman–Crippen MR) is 66.7 cm³/mol. The maximum absolute atomic E-state index is 9.59. The van der Waals surface area contributed by atoms with Crippen molar-refractivity contribution in [1.29, 1.82) is 0 Å². The Morgan fingerprint density at radius 2 is 2.26 bits per heavy atom. The van der Waals surface area contributed by atoms with E-state index in [1.807, 2.05) is 24.3 Å². The van der Waals surface area contributed by atoms with Crippen LogP contribution in [0.2, 0.25) is 0 Å². The van der Waals surface area contributed by atoms with Gasteiger partial charge in [-0.3, -0.25) is 0 Å². The van der Waals surface area contributed by atoms with Crippen LogP contribution in [0.15, 0.2) is 28.8 Å². The van der Waals surface area contributed by atoms with Crippen molar-refractivity contribution in [2.24, 2.45) is 5.73 Å². The molecule has 1 aliphatic rings. The molecule has 19 heavy (non-hydrogen) atoms. The van der Waals surface area contributed by atoms with Gasteiger partial charge in [-0.25, -0.2) is 0 Å². The van der Waals surface area contributed by atoms with Crippen LogP contribution in [-0.2, 0) is 0 Å². The molecule has 0 bridgehead atoms. The molecule has 0 saturated heterocycles. The molecule has 2 aromatic rings. The molecule has 1 aliphatic heterocycles. The van der Waals surface area contributed by atoms with Gasteiger partial charge in [-0.15, -0.1) is 0 Å². The summed E-state index contributed by atoms with van der Waals surface area (Å²) in [5, 5.41) is 13.5. The number of fused-ring (bicyclic) bond motifs is 1. The predicted octanol–water partition coefficient (Wildman–Crippen LogP) is 0.976. The van der Waals surface area contributed by atoms with Gasteiger partial charge in [0.25, 0.3) is 5.89 Å². The van der Waals surface area contributed by atoms with Gasteiger partial charge < -0.3 is 20.1 Å². The Hall–Kier alpha value is -1.92. The van der Waals surface area contributed by atoms with Crippen LogP contribution >= 0.6 is 0 Å². The van der Waals surface area contributed by atoms with Gasteiger partial charge in [-0.1, -0.05) is 23.4 Å². The molecule has 1 aromatic heterocycles. The molecular formula is C13H15N3O3. The van der Waals surface area contributed by atoms with Crippen LogP contribution < -0.4 is 10.5 Å². The summed E-state index contributed by atoms with van der Waals surface area (Å²) in [6.07, 6.45) is -0.120. The molecule has 0 radical (unpaired) electrons. The maximum atomic E-state index is 9.59. The van der Waals surface area contributed by atoms with Gasteiger partial charge in [-0.05, 0) is 12.5 Å². The van der Waals surface area contributed by atoms with Crippen LogP contribution in [0.3, 0.4) is 0 Å². The number of nitrogens with two attached hydrogens (primary N) is 1. The molecule has 100 valence electrons. The first-order valence-electron chi connectivity index (χ1n) is 6.23. The van der Waals surface area contributed by atoms with E-state index in [1.165, 1.54) is 0 Å². The number of aliphatic hydroxyl groups excluding tert-OH is 1. The molecule has 2 atom stereocenters. The van der Waals surface area contributed by atoms with Gasteiger partial charge in [0.15, 0.2) is 5.82 Å². The SMILES string of the molecule is NC[C@H](O)c1nc(C2CCOc3ccccc32)no1. The summed E-state index contributed by atoms with van der Waals surface area (Å²) < 4.78 is 10.6. The van der Waals surface area contributed by atoms with Crippen molar-refractivity contribution in [2.75, 3.05) is 13.2 Å². The summed E-state index contributed by atoms with van der Waals surface area (Å²) >= 11 is 0. The monoisotopic (exact) mass is 261 g/mol. The van der Waals surface area contributed by atoms with E-state index in [4.69, 9.17) is 15.0 Å². The zero-order valence-electron chi connectivity index (χ0n) is 10.3. The standard InChI is InChI=1S/C13H15N3O3/c14-7-10(17)13-15-12(16-19-13)9-5-6-18-11-4-2-1-3-8(9)11/h1-4,9-10,17H,5-7,14H2/t9?,10-/m0/s1. The van der Waals surface area contributed by atoms with E-state index >= 15 is 0 Å². The molecule has 3 N–H and O–H groups in total. The van der Waals surface area contributed by atoms with E-state index in [-0.39, 0.29) is 18.4 Å². The number of nitrogens with zero attached hydrogens (tertiary/aromatic N) is 2. The highest BCUT2D eigenvalue weighted by atomic mass is 16.5. The van der Waals surface area contributed by atoms with E-state index < -0.39 is 6.10 Å². The highest BCUT2D eigenvalue weighted by Gasteiger charge is 2.27. The number of aliphatic hydroxyl groups is 1. The lowest BCUT2D eigenvalue weighted by Crippen LogP contribution is -2.16. The summed E-state index contributed by atoms with van der Waals surface area (Å²) in [5.74, 6) is 1.62. The van der Waals surface area contributed by atoms with Crippen molar-refractivity contribution in [1.82, 2.24) is 10.1 Å². The third-order valence-electron chi connectivity index (χ3n) is 3.24. The van der Waals surface area contributed by atoms with E-state index in [0.29, 0.717) is 12.4 Å². The normalized spacial score (nSPS) is 19.6. The molecule has 0 fully saturated rings. The fourth-order valence-corrected chi connectivity index (χ4v) is 2.24. The van der Waals surface area contributed by atoms with Crippen molar-refractivity contribution in [3.05, 3.63) is 41.5 Å². The van der Waals surface area contributed by atoms with Crippen LogP contribution in [0.25, 0.3) is 0 Å². The van der Waals surface area contributed by atoms with Crippen molar-refractivity contribution in [3.8, 4) is 5.75 Å². The third-order valence-corrected chi connectivity index (χ3v) is 3.24. The first-order chi connectivity index (χ1) is 9.29. The van der Waals surface area contributed by atoms with Crippen LogP contribution in [0.4, 0.5) is 0 Å². The minimum Gasteiger partial charge on any atom is -0.493 e. The van der Waals surface area contributed by atoms with E-state index in [2.05, 4.69) is 10.1 Å². The molecule has 1 aromatic carbocycles. The van der Waals surface area contributed by atoms with E-state index in [1.54, 1.807) is 0 Å². The average molecular weight is 261 g/mol. The first-order valence-corrected chi connectivity index (χ1v) is 6.23. The van der Waals surface area contributed by atoms with Gasteiger partial charge >= 0.3 is 0 Å². The number of benzene rings is 1. The van der Waals surface area contributed by atoms with Gasteiger partial charge in [0.2, 0.25) is 0 Å². The molecular weight excluding hydrogens is 246 g/mol. The molecule has 3 rings (SSSR count). The summed E-state index contributed by atoms with van der Waals surface area (Å²) in [4.78, 5) is 4.24. The second kappa shape index (κ2) is 4.99. The first kappa shape index (κ1) is 12.1. The van der Waals surface area contributed by atoms with Crippen molar-refractivity contribution < 1.29 is 14.4 Å². The average Bonchev–Trinajstić information content (AvgIpc) is 2.95. The fourth-order valence-electron chi connectivity index (χ4n) is 2.24. The summed E-state index contributed by atoms with van der Waals surface area (Å²) in [6.45, 7) is 0.678. The number of rotatable bonds is 3. The van der Waals surface area contributed by atoms with Gasteiger partial charge in [0, 0.05) is 12.1 Å². The Kier molecular flexibility index (Phi) is 3.18. The quantitative estimate of drug-likeness (QED) is 0.855. The van der Waals surface area contributed by atoms with Gasteiger partial charge in [0.05, 0.1) is 12.5 Å². The Labute approximate surface area is 110 Å². The highest BCUT2D eigenvalue weighted by molar-refractivity contribution is 5.40. The zero-order chi connectivity index (χ0) is 13.2. The lowest BCUT2D eigenvalue weighted by atomic mass is 9.92. The summed E-state index contributed by atoms with van der Waals surface area (Å²) in [6, 6.07) is 7.81. The largest absolute Gasteiger partial charge is 0.493 e. The maximum Gasteiger partial charge on any atom is 0.256 e. The number of ether oxygens (including phenoxy) is 1. The smallest absolute Gasteiger partial charge is 0.256 e. The molecule has 0 amide bonds. The number of hydrogen-bond acceptors (Lipinski definition) is 6. The minimum absolute atomic E-state index is 0.0347. The third kappa shape index (κ3) is 2.20.